The Kier molecular flexibility index (Phi) is 13.5. The molecule has 17 rings (SSSR count). The van der Waals surface area contributed by atoms with Crippen molar-refractivity contribution in [2.24, 2.45) is 0 Å². The Labute approximate surface area is 506 Å². The van der Waals surface area contributed by atoms with Crippen molar-refractivity contribution >= 4 is 121 Å². The Hall–Kier alpha value is -10.2. The van der Waals surface area contributed by atoms with Gasteiger partial charge in [-0.05, 0) is 88.4 Å². The molecule has 0 bridgehead atoms. The lowest BCUT2D eigenvalue weighted by atomic mass is 9.78. The molecular formula is C80H63BN4O2. The summed E-state index contributed by atoms with van der Waals surface area (Å²) in [6.45, 7) is 8.34. The van der Waals surface area contributed by atoms with Gasteiger partial charge >= 0.3 is 7.12 Å². The predicted octanol–water partition coefficient (Wildman–Crippen LogP) is 20.7. The van der Waals surface area contributed by atoms with E-state index in [-0.39, 0.29) is 33.2 Å². The van der Waals surface area contributed by atoms with Crippen LogP contribution >= 0.6 is 0 Å². The average molecular weight is 1120 g/mol. The number of pyridine rings is 4. The molecular weight excluding hydrogens is 1060 g/mol. The molecule has 418 valence electrons. The van der Waals surface area contributed by atoms with E-state index >= 15 is 0 Å². The van der Waals surface area contributed by atoms with Gasteiger partial charge in [0.1, 0.15) is 0 Å². The predicted molar refractivity (Wildman–Crippen MR) is 370 cm³/mol. The molecule has 0 atom stereocenters. The van der Waals surface area contributed by atoms with Gasteiger partial charge in [0.15, 0.2) is 0 Å². The maximum absolute atomic E-state index is 6.27. The van der Waals surface area contributed by atoms with Gasteiger partial charge in [-0.2, -0.15) is 0 Å². The van der Waals surface area contributed by atoms with Gasteiger partial charge in [-0.3, -0.25) is 0 Å². The monoisotopic (exact) mass is 1120 g/mol. The van der Waals surface area contributed by atoms with Gasteiger partial charge in [0, 0.05) is 65.3 Å². The van der Waals surface area contributed by atoms with Crippen LogP contribution in [0, 0.1) is 0 Å². The summed E-state index contributed by atoms with van der Waals surface area (Å²) in [5.41, 5.74) is 12.3. The summed E-state index contributed by atoms with van der Waals surface area (Å²) in [4.78, 5) is 21.1. The fourth-order valence-electron chi connectivity index (χ4n) is 12.9. The number of hydrogen-bond acceptors (Lipinski definition) is 6. The van der Waals surface area contributed by atoms with E-state index in [9.17, 15) is 0 Å². The van der Waals surface area contributed by atoms with Gasteiger partial charge < -0.3 is 9.31 Å². The summed E-state index contributed by atoms with van der Waals surface area (Å²) in [7, 11) is -0.379. The second kappa shape index (κ2) is 21.4. The first-order valence-electron chi connectivity index (χ1n) is 29.2. The van der Waals surface area contributed by atoms with Gasteiger partial charge in [-0.1, -0.05) is 264 Å². The fraction of sp³-hybridized carbons (Fsp3) is 0.100. The third kappa shape index (κ3) is 9.04. The van der Waals surface area contributed by atoms with Crippen LogP contribution in [0.15, 0.2) is 261 Å². The maximum Gasteiger partial charge on any atom is 0.494 e. The minimum absolute atomic E-state index is 0. The Bertz CT molecular complexity index is 5360. The van der Waals surface area contributed by atoms with E-state index < -0.39 is 0 Å². The molecule has 0 spiro atoms. The zero-order valence-corrected chi connectivity index (χ0v) is 47.5. The van der Waals surface area contributed by atoms with Crippen molar-refractivity contribution < 1.29 is 9.31 Å². The molecule has 16 aromatic rings. The molecule has 1 aliphatic rings. The quantitative estimate of drug-likeness (QED) is 0.126. The standard InChI is InChI=1S/C45H27N3.C33H28BNO2.2CH4/c1-2-10-28(11-3-1)39-26-24-31-22-23-32-25-27-40(47-44(32)43(31)46-39)29-18-20-30(21-19-29)42-38-17-9-7-15-36(38)41-35-14-6-4-12-33(35)34-13-5-8-16-37(34)45(41)48-42;1-32(2)33(3,4)37-34(36-32)22-19-17-21(18-20-22)30-28-16-10-8-14-26(28)29-25-13-7-5-11-23(25)24-12-6-9-15-27(24)31(29)35-30;;/h1-27H;5-20H,1-4H3;2*1H4. The van der Waals surface area contributed by atoms with Crippen molar-refractivity contribution in [3.63, 3.8) is 0 Å². The molecule has 4 aromatic heterocycles. The molecule has 0 aliphatic carbocycles. The highest BCUT2D eigenvalue weighted by atomic mass is 16.7. The molecule has 5 heterocycles. The van der Waals surface area contributed by atoms with E-state index in [1.54, 1.807) is 0 Å². The Balaban J connectivity index is 0.000000155. The maximum atomic E-state index is 6.27. The van der Waals surface area contributed by atoms with Gasteiger partial charge in [-0.15, -0.1) is 0 Å². The molecule has 7 heteroatoms. The first-order valence-corrected chi connectivity index (χ1v) is 29.2. The highest BCUT2D eigenvalue weighted by Crippen LogP contribution is 2.44. The first kappa shape index (κ1) is 54.7. The molecule has 0 N–H and O–H groups in total. The van der Waals surface area contributed by atoms with Crippen molar-refractivity contribution in [3.05, 3.63) is 261 Å². The lowest BCUT2D eigenvalue weighted by Crippen LogP contribution is -2.41. The molecule has 87 heavy (non-hydrogen) atoms. The summed E-state index contributed by atoms with van der Waals surface area (Å²) in [5.74, 6) is 0. The number of hydrogen-bond donors (Lipinski definition) is 0. The lowest BCUT2D eigenvalue weighted by Gasteiger charge is -2.32. The molecule has 6 nitrogen and oxygen atoms in total. The normalized spacial score (nSPS) is 13.6. The average Bonchev–Trinajstić information content (AvgIpc) is 1.71. The van der Waals surface area contributed by atoms with Gasteiger partial charge in [0.05, 0.1) is 56.0 Å². The van der Waals surface area contributed by atoms with Crippen LogP contribution in [0.5, 0.6) is 0 Å². The number of aromatic nitrogens is 4. The van der Waals surface area contributed by atoms with Crippen LogP contribution in [0.4, 0.5) is 0 Å². The van der Waals surface area contributed by atoms with E-state index in [0.717, 1.165) is 94.1 Å². The van der Waals surface area contributed by atoms with Gasteiger partial charge in [0.2, 0.25) is 0 Å². The third-order valence-electron chi connectivity index (χ3n) is 17.9. The van der Waals surface area contributed by atoms with E-state index in [2.05, 4.69) is 270 Å². The SMILES string of the molecule is C.C.CC1(C)OB(c2ccc(-c3nc4c5ccccc5c5ccccc5c4c4ccccc34)cc2)OC1(C)C.c1ccc(-c2ccc3ccc4ccc(-c5ccc(-c6nc7c8ccccc8c8ccccc8c7c7ccccc67)cc5)nc4c3n2)cc1. The van der Waals surface area contributed by atoms with Crippen LogP contribution in [0.2, 0.25) is 0 Å². The van der Waals surface area contributed by atoms with Gasteiger partial charge in [-0.25, -0.2) is 19.9 Å². The summed E-state index contributed by atoms with van der Waals surface area (Å²) in [5, 5.41) is 19.1. The van der Waals surface area contributed by atoms with Crippen LogP contribution in [0.25, 0.3) is 153 Å². The van der Waals surface area contributed by atoms with Crippen LogP contribution in [-0.4, -0.2) is 38.3 Å². The molecule has 0 saturated carbocycles. The summed E-state index contributed by atoms with van der Waals surface area (Å²) in [6.07, 6.45) is 0. The van der Waals surface area contributed by atoms with E-state index in [1.165, 1.54) is 64.6 Å². The Morgan fingerprint density at radius 2 is 0.563 bits per heavy atom. The van der Waals surface area contributed by atoms with Crippen molar-refractivity contribution in [3.8, 4) is 45.0 Å². The van der Waals surface area contributed by atoms with E-state index in [0.29, 0.717) is 0 Å². The Morgan fingerprint density at radius 3 is 0.977 bits per heavy atom. The second-order valence-electron chi connectivity index (χ2n) is 23.4. The zero-order chi connectivity index (χ0) is 57.0. The smallest absolute Gasteiger partial charge is 0.399 e. The van der Waals surface area contributed by atoms with E-state index in [4.69, 9.17) is 29.2 Å². The van der Waals surface area contributed by atoms with Crippen molar-refractivity contribution in [2.75, 3.05) is 0 Å². The topological polar surface area (TPSA) is 70.0 Å². The third-order valence-corrected chi connectivity index (χ3v) is 17.9. The second-order valence-corrected chi connectivity index (χ2v) is 23.4. The molecule has 0 amide bonds. The molecule has 12 aromatic carbocycles. The highest BCUT2D eigenvalue weighted by molar-refractivity contribution is 6.62. The minimum atomic E-state index is -0.379. The summed E-state index contributed by atoms with van der Waals surface area (Å²) >= 11 is 0. The highest BCUT2D eigenvalue weighted by Gasteiger charge is 2.51. The largest absolute Gasteiger partial charge is 0.494 e. The van der Waals surface area contributed by atoms with Crippen LogP contribution in [0.1, 0.15) is 42.5 Å². The van der Waals surface area contributed by atoms with Crippen molar-refractivity contribution in [2.45, 2.75) is 53.8 Å². The van der Waals surface area contributed by atoms with Gasteiger partial charge in [0.25, 0.3) is 0 Å². The summed E-state index contributed by atoms with van der Waals surface area (Å²) in [6, 6.07) is 92.1. The zero-order valence-electron chi connectivity index (χ0n) is 47.5. The molecule has 1 fully saturated rings. The molecule has 1 aliphatic heterocycles. The number of fused-ring (bicyclic) bond motifs is 19. The first-order chi connectivity index (χ1) is 41.6. The Morgan fingerprint density at radius 1 is 0.264 bits per heavy atom. The van der Waals surface area contributed by atoms with E-state index in [1.807, 2.05) is 18.2 Å². The molecule has 1 saturated heterocycles. The molecule has 0 unspecified atom stereocenters. The van der Waals surface area contributed by atoms with Crippen molar-refractivity contribution in [1.82, 2.24) is 19.9 Å². The van der Waals surface area contributed by atoms with Crippen LogP contribution < -0.4 is 5.46 Å². The number of nitrogens with zero attached hydrogens (tertiary/aromatic N) is 4. The summed E-state index contributed by atoms with van der Waals surface area (Å²) < 4.78 is 12.5. The van der Waals surface area contributed by atoms with Crippen LogP contribution in [-0.2, 0) is 9.31 Å². The fourth-order valence-corrected chi connectivity index (χ4v) is 12.9. The number of rotatable bonds is 5. The van der Waals surface area contributed by atoms with Crippen molar-refractivity contribution in [1.29, 1.82) is 0 Å². The molecule has 0 radical (unpaired) electrons. The van der Waals surface area contributed by atoms with Crippen LogP contribution in [0.3, 0.4) is 0 Å². The minimum Gasteiger partial charge on any atom is -0.399 e. The lowest BCUT2D eigenvalue weighted by molar-refractivity contribution is 0.00578. The number of benzene rings is 12.